The molecule has 0 spiro atoms. The minimum absolute atomic E-state index is 0.119. The predicted octanol–water partition coefficient (Wildman–Crippen LogP) is 0.972. The number of nitrogens with zero attached hydrogens (tertiary/aromatic N) is 3. The maximum absolute atomic E-state index is 11.4. The molecule has 6 nitrogen and oxygen atoms in total. The lowest BCUT2D eigenvalue weighted by Crippen LogP contribution is -2.26. The number of imidazole rings is 1. The van der Waals surface area contributed by atoms with Crippen molar-refractivity contribution in [3.05, 3.63) is 17.3 Å². The Balaban J connectivity index is 1.94. The second-order valence-corrected chi connectivity index (χ2v) is 5.21. The molecule has 0 aromatic carbocycles. The number of aromatic nitrogens is 2. The van der Waals surface area contributed by atoms with E-state index in [1.54, 1.807) is 37.4 Å². The second-order valence-electron chi connectivity index (χ2n) is 4.34. The van der Waals surface area contributed by atoms with E-state index in [4.69, 9.17) is 4.74 Å². The van der Waals surface area contributed by atoms with E-state index in [9.17, 15) is 4.79 Å². The zero-order valence-corrected chi connectivity index (χ0v) is 12.2. The topological polar surface area (TPSA) is 58.9 Å². The molecule has 0 aliphatic rings. The van der Waals surface area contributed by atoms with Gasteiger partial charge in [0.15, 0.2) is 4.96 Å². The first-order chi connectivity index (χ1) is 9.13. The Hall–Kier alpha value is -1.60. The summed E-state index contributed by atoms with van der Waals surface area (Å²) in [5, 5.41) is 5.23. The Kier molecular flexibility index (Phi) is 4.39. The molecule has 2 rings (SSSR count). The van der Waals surface area contributed by atoms with Crippen molar-refractivity contribution >= 4 is 22.2 Å². The molecule has 104 valence electrons. The first-order valence-corrected chi connectivity index (χ1v) is 6.90. The lowest BCUT2D eigenvalue weighted by molar-refractivity contribution is -0.128. The van der Waals surface area contributed by atoms with Gasteiger partial charge in [0.2, 0.25) is 11.8 Å². The number of carbonyl (C=O) groups excluding carboxylic acids is 1. The number of ether oxygens (including phenoxy) is 1. The van der Waals surface area contributed by atoms with Crippen LogP contribution in [0.15, 0.2) is 11.6 Å². The number of hydrogen-bond donors (Lipinski definition) is 1. The van der Waals surface area contributed by atoms with Gasteiger partial charge in [-0.05, 0) is 0 Å². The quantitative estimate of drug-likeness (QED) is 0.802. The molecule has 0 radical (unpaired) electrons. The summed E-state index contributed by atoms with van der Waals surface area (Å²) in [6.45, 7) is 1.26. The number of nitrogens with one attached hydrogen (secondary N) is 1. The predicted molar refractivity (Wildman–Crippen MR) is 74.6 cm³/mol. The van der Waals surface area contributed by atoms with Gasteiger partial charge in [0, 0.05) is 45.2 Å². The molecule has 2 aromatic rings. The Morgan fingerprint density at radius 2 is 2.37 bits per heavy atom. The van der Waals surface area contributed by atoms with Crippen molar-refractivity contribution in [2.45, 2.75) is 13.0 Å². The maximum atomic E-state index is 11.4. The van der Waals surface area contributed by atoms with Crippen LogP contribution in [0.3, 0.4) is 0 Å². The molecule has 19 heavy (non-hydrogen) atoms. The van der Waals surface area contributed by atoms with E-state index in [1.165, 1.54) is 0 Å². The van der Waals surface area contributed by atoms with Gasteiger partial charge in [0.25, 0.3) is 0 Å². The van der Waals surface area contributed by atoms with Crippen LogP contribution < -0.4 is 10.1 Å². The molecule has 0 aliphatic carbocycles. The van der Waals surface area contributed by atoms with Crippen LogP contribution >= 0.6 is 11.3 Å². The van der Waals surface area contributed by atoms with Gasteiger partial charge >= 0.3 is 0 Å². The van der Waals surface area contributed by atoms with Crippen LogP contribution in [0.5, 0.6) is 5.88 Å². The molecule has 0 bridgehead atoms. The van der Waals surface area contributed by atoms with E-state index in [0.29, 0.717) is 25.4 Å². The third-order valence-corrected chi connectivity index (χ3v) is 3.58. The van der Waals surface area contributed by atoms with Gasteiger partial charge in [-0.3, -0.25) is 9.20 Å². The average molecular weight is 282 g/mol. The zero-order valence-electron chi connectivity index (χ0n) is 11.3. The lowest BCUT2D eigenvalue weighted by Gasteiger charge is -2.10. The molecule has 0 aliphatic heterocycles. The van der Waals surface area contributed by atoms with E-state index < -0.39 is 0 Å². The van der Waals surface area contributed by atoms with E-state index in [2.05, 4.69) is 10.3 Å². The van der Waals surface area contributed by atoms with Gasteiger partial charge in [-0.25, -0.2) is 0 Å². The third kappa shape index (κ3) is 3.05. The van der Waals surface area contributed by atoms with E-state index in [-0.39, 0.29) is 5.91 Å². The SMILES string of the molecule is COc1nc2sccn2c1CNCCC(=O)N(C)C. The van der Waals surface area contributed by atoms with Crippen molar-refractivity contribution in [2.24, 2.45) is 0 Å². The van der Waals surface area contributed by atoms with Crippen molar-refractivity contribution in [1.29, 1.82) is 0 Å². The van der Waals surface area contributed by atoms with Crippen LogP contribution in [0.1, 0.15) is 12.1 Å². The summed E-state index contributed by atoms with van der Waals surface area (Å²) in [5.41, 5.74) is 0.982. The highest BCUT2D eigenvalue weighted by molar-refractivity contribution is 7.15. The minimum atomic E-state index is 0.119. The molecule has 2 heterocycles. The number of methoxy groups -OCH3 is 1. The summed E-state index contributed by atoms with van der Waals surface area (Å²) in [7, 11) is 5.14. The molecule has 0 fully saturated rings. The van der Waals surface area contributed by atoms with Gasteiger partial charge in [0.1, 0.15) is 5.69 Å². The normalized spacial score (nSPS) is 10.9. The van der Waals surface area contributed by atoms with Gasteiger partial charge in [-0.1, -0.05) is 0 Å². The van der Waals surface area contributed by atoms with E-state index >= 15 is 0 Å². The van der Waals surface area contributed by atoms with Crippen LogP contribution in [0, 0.1) is 0 Å². The van der Waals surface area contributed by atoms with Crippen molar-refractivity contribution in [3.8, 4) is 5.88 Å². The molecule has 7 heteroatoms. The summed E-state index contributed by atoms with van der Waals surface area (Å²) >= 11 is 1.57. The number of rotatable bonds is 6. The fraction of sp³-hybridized carbons (Fsp3) is 0.500. The fourth-order valence-electron chi connectivity index (χ4n) is 1.76. The summed E-state index contributed by atoms with van der Waals surface area (Å²) in [6.07, 6.45) is 2.46. The van der Waals surface area contributed by atoms with Crippen LogP contribution in [-0.4, -0.2) is 47.9 Å². The van der Waals surface area contributed by atoms with Crippen molar-refractivity contribution in [1.82, 2.24) is 19.6 Å². The summed E-state index contributed by atoms with van der Waals surface area (Å²) in [5.74, 6) is 0.756. The molecule has 0 atom stereocenters. The van der Waals surface area contributed by atoms with Crippen LogP contribution in [0.25, 0.3) is 4.96 Å². The van der Waals surface area contributed by atoms with Gasteiger partial charge < -0.3 is 15.0 Å². The second kappa shape index (κ2) is 6.03. The molecular weight excluding hydrogens is 264 g/mol. The zero-order chi connectivity index (χ0) is 13.8. The first-order valence-electron chi connectivity index (χ1n) is 6.02. The summed E-state index contributed by atoms with van der Waals surface area (Å²) in [4.78, 5) is 18.3. The molecule has 0 unspecified atom stereocenters. The smallest absolute Gasteiger partial charge is 0.237 e. The Labute approximate surface area is 116 Å². The largest absolute Gasteiger partial charge is 0.480 e. The minimum Gasteiger partial charge on any atom is -0.480 e. The van der Waals surface area contributed by atoms with Crippen LogP contribution in [0.2, 0.25) is 0 Å². The summed E-state index contributed by atoms with van der Waals surface area (Å²) < 4.78 is 7.27. The molecule has 1 N–H and O–H groups in total. The number of amides is 1. The number of carbonyl (C=O) groups is 1. The number of thiazole rings is 1. The van der Waals surface area contributed by atoms with Crippen molar-refractivity contribution in [3.63, 3.8) is 0 Å². The average Bonchev–Trinajstić information content (AvgIpc) is 2.95. The Morgan fingerprint density at radius 1 is 1.58 bits per heavy atom. The van der Waals surface area contributed by atoms with E-state index in [0.717, 1.165) is 10.7 Å². The van der Waals surface area contributed by atoms with Crippen molar-refractivity contribution in [2.75, 3.05) is 27.7 Å². The highest BCUT2D eigenvalue weighted by atomic mass is 32.1. The lowest BCUT2D eigenvalue weighted by atomic mass is 10.3. The highest BCUT2D eigenvalue weighted by Gasteiger charge is 2.13. The molecule has 1 amide bonds. The van der Waals surface area contributed by atoms with Crippen molar-refractivity contribution < 1.29 is 9.53 Å². The standard InChI is InChI=1S/C12H18N4O2S/c1-15(2)10(17)4-5-13-8-9-11(18-3)14-12-16(9)6-7-19-12/h6-7,13H,4-5,8H2,1-3H3. The molecule has 0 saturated carbocycles. The van der Waals surface area contributed by atoms with Crippen LogP contribution in [0.4, 0.5) is 0 Å². The molecule has 0 saturated heterocycles. The summed E-state index contributed by atoms with van der Waals surface area (Å²) in [6, 6.07) is 0. The Morgan fingerprint density at radius 3 is 3.05 bits per heavy atom. The van der Waals surface area contributed by atoms with E-state index in [1.807, 2.05) is 16.0 Å². The third-order valence-electron chi connectivity index (χ3n) is 2.82. The van der Waals surface area contributed by atoms with Gasteiger partial charge in [0.05, 0.1) is 7.11 Å². The number of hydrogen-bond acceptors (Lipinski definition) is 5. The Bertz CT molecular complexity index is 561. The highest BCUT2D eigenvalue weighted by Crippen LogP contribution is 2.22. The number of fused-ring (bicyclic) bond motifs is 1. The fourth-order valence-corrected chi connectivity index (χ4v) is 2.49. The monoisotopic (exact) mass is 282 g/mol. The molecule has 2 aromatic heterocycles. The maximum Gasteiger partial charge on any atom is 0.237 e. The first kappa shape index (κ1) is 13.8. The van der Waals surface area contributed by atoms with Gasteiger partial charge in [-0.2, -0.15) is 4.98 Å². The van der Waals surface area contributed by atoms with Crippen LogP contribution in [-0.2, 0) is 11.3 Å². The van der Waals surface area contributed by atoms with Gasteiger partial charge in [-0.15, -0.1) is 11.3 Å². The molecular formula is C12H18N4O2S.